The summed E-state index contributed by atoms with van der Waals surface area (Å²) in [7, 11) is 6.30. The van der Waals surface area contributed by atoms with E-state index in [2.05, 4.69) is 28.1 Å². The molecule has 0 aromatic heterocycles. The van der Waals surface area contributed by atoms with Gasteiger partial charge in [-0.2, -0.15) is 0 Å². The molecule has 0 aliphatic carbocycles. The number of quaternary nitrogens is 1. The van der Waals surface area contributed by atoms with Crippen molar-refractivity contribution in [3.8, 4) is 0 Å². The van der Waals surface area contributed by atoms with E-state index in [1.165, 1.54) is 122 Å². The molecule has 0 radical (unpaired) electrons. The quantitative estimate of drug-likeness (QED) is 0.150. The van der Waals surface area contributed by atoms with Gasteiger partial charge in [0.1, 0.15) is 12.6 Å². The monoisotopic (exact) mass is 477 g/mol. The topological polar surface area (TPSA) is 29.5 Å². The van der Waals surface area contributed by atoms with Crippen LogP contribution in [0.25, 0.3) is 0 Å². The van der Waals surface area contributed by atoms with Crippen LogP contribution in [0.5, 0.6) is 0 Å². The van der Waals surface area contributed by atoms with Crippen molar-refractivity contribution in [2.24, 2.45) is 0 Å². The Morgan fingerprint density at radius 1 is 0.562 bits per heavy atom. The molecule has 1 unspecified atom stereocenters. The molecule has 0 heterocycles. The van der Waals surface area contributed by atoms with Gasteiger partial charge < -0.3 is 26.7 Å². The van der Waals surface area contributed by atoms with E-state index in [0.717, 1.165) is 24.1 Å². The molecule has 4 heteroatoms. The number of likely N-dealkylation sites (N-methyl/N-ethyl adjacent to an activating group) is 1. The second kappa shape index (κ2) is 25.8. The van der Waals surface area contributed by atoms with Crippen LogP contribution in [0.15, 0.2) is 0 Å². The molecule has 0 spiro atoms. The Kier molecular flexibility index (Phi) is 27.7. The molecule has 3 nitrogen and oxygen atoms in total. The van der Waals surface area contributed by atoms with E-state index in [9.17, 15) is 5.11 Å². The lowest BCUT2D eigenvalue weighted by Gasteiger charge is -2.26. The van der Waals surface area contributed by atoms with Gasteiger partial charge in [0.25, 0.3) is 0 Å². The van der Waals surface area contributed by atoms with Gasteiger partial charge in [-0.25, -0.2) is 0 Å². The highest BCUT2D eigenvalue weighted by atomic mass is 35.5. The minimum atomic E-state index is -0.342. The van der Waals surface area contributed by atoms with Crippen molar-refractivity contribution in [3.63, 3.8) is 0 Å². The van der Waals surface area contributed by atoms with Gasteiger partial charge in [-0.3, -0.25) is 0 Å². The lowest BCUT2D eigenvalue weighted by atomic mass is 10.0. The summed E-state index contributed by atoms with van der Waals surface area (Å²) >= 11 is 0. The van der Waals surface area contributed by atoms with E-state index in [0.29, 0.717) is 6.61 Å². The molecular weight excluding hydrogens is 418 g/mol. The summed E-state index contributed by atoms with van der Waals surface area (Å²) in [4.78, 5) is 0. The Labute approximate surface area is 209 Å². The van der Waals surface area contributed by atoms with Crippen LogP contribution in [0.4, 0.5) is 0 Å². The third-order valence-electron chi connectivity index (χ3n) is 6.21. The smallest absolute Gasteiger partial charge is 0.126 e. The lowest BCUT2D eigenvalue weighted by molar-refractivity contribution is -0.873. The van der Waals surface area contributed by atoms with Crippen molar-refractivity contribution >= 4 is 0 Å². The van der Waals surface area contributed by atoms with Gasteiger partial charge in [-0.05, 0) is 6.42 Å². The first-order valence-electron chi connectivity index (χ1n) is 14.0. The first-order chi connectivity index (χ1) is 15.0. The van der Waals surface area contributed by atoms with Crippen LogP contribution in [0.3, 0.4) is 0 Å². The molecule has 0 saturated carbocycles. The normalized spacial score (nSPS) is 12.7. The molecule has 32 heavy (non-hydrogen) atoms. The fourth-order valence-electron chi connectivity index (χ4n) is 4.36. The summed E-state index contributed by atoms with van der Waals surface area (Å²) in [5, 5.41) is 9.91. The summed E-state index contributed by atoms with van der Waals surface area (Å²) in [6, 6.07) is 0. The van der Waals surface area contributed by atoms with Crippen molar-refractivity contribution in [2.45, 2.75) is 141 Å². The highest BCUT2D eigenvalue weighted by Gasteiger charge is 2.15. The van der Waals surface area contributed by atoms with Gasteiger partial charge in [0.15, 0.2) is 0 Å². The average Bonchev–Trinajstić information content (AvgIpc) is 2.70. The first kappa shape index (κ1) is 34.3. The van der Waals surface area contributed by atoms with Crippen LogP contribution in [0, 0.1) is 0 Å². The molecule has 1 N–H and O–H groups in total. The molecule has 0 aromatic carbocycles. The van der Waals surface area contributed by atoms with Crippen molar-refractivity contribution < 1.29 is 26.7 Å². The van der Waals surface area contributed by atoms with E-state index >= 15 is 0 Å². The Morgan fingerprint density at radius 3 is 1.19 bits per heavy atom. The number of nitrogens with zero attached hydrogens (tertiary/aromatic N) is 1. The van der Waals surface area contributed by atoms with Crippen molar-refractivity contribution in [1.82, 2.24) is 0 Å². The average molecular weight is 478 g/mol. The minimum Gasteiger partial charge on any atom is -1.00 e. The number of hydrogen-bond donors (Lipinski definition) is 1. The first-order valence-corrected chi connectivity index (χ1v) is 14.0. The molecule has 0 bridgehead atoms. The van der Waals surface area contributed by atoms with E-state index < -0.39 is 0 Å². The molecule has 0 aliphatic heterocycles. The van der Waals surface area contributed by atoms with Gasteiger partial charge in [0.05, 0.1) is 27.7 Å². The second-order valence-corrected chi connectivity index (χ2v) is 10.9. The van der Waals surface area contributed by atoms with Crippen LogP contribution < -0.4 is 12.4 Å². The number of ether oxygens (including phenoxy) is 1. The molecule has 1 atom stereocenters. The van der Waals surface area contributed by atoms with Gasteiger partial charge >= 0.3 is 0 Å². The third kappa shape index (κ3) is 30.2. The maximum Gasteiger partial charge on any atom is 0.126 e. The van der Waals surface area contributed by atoms with E-state index in [1.807, 2.05) is 0 Å². The highest BCUT2D eigenvalue weighted by molar-refractivity contribution is 4.53. The standard InChI is InChI=1S/C28H60NO2.ClH/c1-5-6-7-8-9-10-11-12-13-14-15-16-17-18-19-20-21-22-23-24-25-31-27-28(30)26-29(2,3)4;/h28,30H,5-27H2,1-4H3;1H/q+1;/p-1. The summed E-state index contributed by atoms with van der Waals surface area (Å²) in [5.74, 6) is 0. The number of aliphatic hydroxyl groups is 1. The molecule has 0 aromatic rings. The maximum atomic E-state index is 9.91. The minimum absolute atomic E-state index is 0. The van der Waals surface area contributed by atoms with Crippen molar-refractivity contribution in [3.05, 3.63) is 0 Å². The molecule has 0 aliphatic rings. The Morgan fingerprint density at radius 2 is 0.875 bits per heavy atom. The predicted octanol–water partition coefficient (Wildman–Crippen LogP) is 4.90. The lowest BCUT2D eigenvalue weighted by Crippen LogP contribution is -3.00. The number of hydrogen-bond acceptors (Lipinski definition) is 2. The number of aliphatic hydroxyl groups excluding tert-OH is 1. The summed E-state index contributed by atoms with van der Waals surface area (Å²) in [6.45, 7) is 4.32. The summed E-state index contributed by atoms with van der Waals surface area (Å²) < 4.78 is 6.40. The third-order valence-corrected chi connectivity index (χ3v) is 6.21. The van der Waals surface area contributed by atoms with Crippen molar-refractivity contribution in [2.75, 3.05) is 40.9 Å². The Bertz CT molecular complexity index is 347. The predicted molar refractivity (Wildman–Crippen MR) is 138 cm³/mol. The SMILES string of the molecule is CCCCCCCCCCCCCCCCCCCCCCOCC(O)C[N+](C)(C)C.[Cl-]. The fourth-order valence-corrected chi connectivity index (χ4v) is 4.36. The van der Waals surface area contributed by atoms with Crippen molar-refractivity contribution in [1.29, 1.82) is 0 Å². The Hall–Kier alpha value is 0.170. The summed E-state index contributed by atoms with van der Waals surface area (Å²) in [6.07, 6.45) is 27.9. The largest absolute Gasteiger partial charge is 1.00 e. The van der Waals surface area contributed by atoms with Crippen LogP contribution in [0.2, 0.25) is 0 Å². The van der Waals surface area contributed by atoms with Gasteiger partial charge in [-0.1, -0.05) is 129 Å². The molecule has 0 fully saturated rings. The highest BCUT2D eigenvalue weighted by Crippen LogP contribution is 2.14. The second-order valence-electron chi connectivity index (χ2n) is 10.9. The van der Waals surface area contributed by atoms with E-state index in [1.54, 1.807) is 0 Å². The van der Waals surface area contributed by atoms with Gasteiger partial charge in [-0.15, -0.1) is 0 Å². The molecule has 0 amide bonds. The molecule has 0 rings (SSSR count). The van der Waals surface area contributed by atoms with Crippen LogP contribution in [-0.4, -0.2) is 56.6 Å². The Balaban J connectivity index is 0. The summed E-state index contributed by atoms with van der Waals surface area (Å²) in [5.41, 5.74) is 0. The number of unbranched alkanes of at least 4 members (excludes halogenated alkanes) is 19. The van der Waals surface area contributed by atoms with Gasteiger partial charge in [0, 0.05) is 6.61 Å². The van der Waals surface area contributed by atoms with Gasteiger partial charge in [0.2, 0.25) is 0 Å². The number of rotatable bonds is 25. The van der Waals surface area contributed by atoms with Crippen LogP contribution in [0.1, 0.15) is 135 Å². The maximum absolute atomic E-state index is 9.91. The van der Waals surface area contributed by atoms with Crippen LogP contribution >= 0.6 is 0 Å². The number of halogens is 1. The molecule has 0 saturated heterocycles. The van der Waals surface area contributed by atoms with Crippen LogP contribution in [-0.2, 0) is 4.74 Å². The zero-order valence-corrected chi connectivity index (χ0v) is 23.3. The van der Waals surface area contributed by atoms with E-state index in [-0.39, 0.29) is 18.5 Å². The molecular formula is C28H60ClNO2. The zero-order valence-electron chi connectivity index (χ0n) is 22.5. The van der Waals surface area contributed by atoms with E-state index in [4.69, 9.17) is 4.74 Å². The zero-order chi connectivity index (χ0) is 23.0. The molecule has 196 valence electrons. The fraction of sp³-hybridized carbons (Fsp3) is 1.00.